The normalized spacial score (nSPS) is 16.7. The molecule has 0 atom stereocenters. The van der Waals surface area contributed by atoms with Gasteiger partial charge in [0.15, 0.2) is 9.84 Å². The summed E-state index contributed by atoms with van der Waals surface area (Å²) in [5.74, 6) is 0.783. The van der Waals surface area contributed by atoms with Crippen LogP contribution in [0.3, 0.4) is 0 Å². The highest BCUT2D eigenvalue weighted by molar-refractivity contribution is 7.90. The van der Waals surface area contributed by atoms with Crippen LogP contribution in [0.15, 0.2) is 64.6 Å². The molecule has 0 N–H and O–H groups in total. The zero-order valence-electron chi connectivity index (χ0n) is 17.2. The number of morpholine rings is 1. The minimum Gasteiger partial charge on any atom is -0.378 e. The molecule has 1 saturated heterocycles. The maximum Gasteiger partial charge on any atom is 0.176 e. The molecule has 3 aromatic rings. The molecule has 158 valence electrons. The topological polar surface area (TPSA) is 84.8 Å². The van der Waals surface area contributed by atoms with E-state index in [2.05, 4.69) is 14.9 Å². The van der Waals surface area contributed by atoms with E-state index in [1.807, 2.05) is 36.4 Å². The highest BCUT2D eigenvalue weighted by Gasteiger charge is 2.22. The third-order valence-electron chi connectivity index (χ3n) is 5.51. The van der Waals surface area contributed by atoms with Gasteiger partial charge < -0.3 is 9.64 Å². The Hall–Kier alpha value is -3.10. The molecule has 0 spiro atoms. The standard InChI is InChI=1S/C23H22N4O3S/c1-31(28,29)20-7-3-2-5-16(20)18-15-21(27-11-13-30-14-12-27)26-22-17(18)8-10-25-23(22)19-6-4-9-24-19/h2-8,10,15H,9,11-14H2,1H3. The molecule has 1 fully saturated rings. The number of pyridine rings is 2. The Kier molecular flexibility index (Phi) is 5.03. The molecule has 2 aliphatic rings. The SMILES string of the molecule is CS(=O)(=O)c1ccccc1-c1cc(N2CCOCC2)nc2c(C3=NCC=C3)nccc12. The van der Waals surface area contributed by atoms with E-state index >= 15 is 0 Å². The van der Waals surface area contributed by atoms with E-state index in [9.17, 15) is 8.42 Å². The van der Waals surface area contributed by atoms with Gasteiger partial charge in [0.25, 0.3) is 0 Å². The van der Waals surface area contributed by atoms with E-state index in [0.717, 1.165) is 41.1 Å². The van der Waals surface area contributed by atoms with Gasteiger partial charge in [0, 0.05) is 36.5 Å². The number of hydrogen-bond acceptors (Lipinski definition) is 7. The van der Waals surface area contributed by atoms with Crippen LogP contribution in [-0.4, -0.2) is 63.2 Å². The summed E-state index contributed by atoms with van der Waals surface area (Å²) >= 11 is 0. The highest BCUT2D eigenvalue weighted by atomic mass is 32.2. The van der Waals surface area contributed by atoms with Gasteiger partial charge in [0.2, 0.25) is 0 Å². The van der Waals surface area contributed by atoms with Crippen molar-refractivity contribution in [3.8, 4) is 11.1 Å². The average molecular weight is 435 g/mol. The Morgan fingerprint density at radius 1 is 1.06 bits per heavy atom. The number of fused-ring (bicyclic) bond motifs is 1. The summed E-state index contributed by atoms with van der Waals surface area (Å²) in [6.07, 6.45) is 6.91. The first-order chi connectivity index (χ1) is 15.0. The summed E-state index contributed by atoms with van der Waals surface area (Å²) in [5, 5.41) is 0.848. The molecular weight excluding hydrogens is 412 g/mol. The average Bonchev–Trinajstić information content (AvgIpc) is 3.33. The first kappa shape index (κ1) is 19.8. The third kappa shape index (κ3) is 3.73. The summed E-state index contributed by atoms with van der Waals surface area (Å²) < 4.78 is 30.6. The van der Waals surface area contributed by atoms with Crippen LogP contribution in [0, 0.1) is 0 Å². The van der Waals surface area contributed by atoms with E-state index in [1.54, 1.807) is 18.3 Å². The van der Waals surface area contributed by atoms with Crippen LogP contribution in [0.25, 0.3) is 22.0 Å². The maximum absolute atomic E-state index is 12.5. The number of nitrogens with zero attached hydrogens (tertiary/aromatic N) is 4. The number of aromatic nitrogens is 2. The number of hydrogen-bond donors (Lipinski definition) is 0. The molecule has 0 radical (unpaired) electrons. The fourth-order valence-electron chi connectivity index (χ4n) is 4.04. The monoisotopic (exact) mass is 434 g/mol. The van der Waals surface area contributed by atoms with E-state index < -0.39 is 9.84 Å². The Balaban J connectivity index is 1.82. The lowest BCUT2D eigenvalue weighted by Crippen LogP contribution is -2.36. The second-order valence-corrected chi connectivity index (χ2v) is 9.56. The van der Waals surface area contributed by atoms with Crippen molar-refractivity contribution in [1.82, 2.24) is 9.97 Å². The van der Waals surface area contributed by atoms with Crippen molar-refractivity contribution in [3.05, 3.63) is 60.4 Å². The van der Waals surface area contributed by atoms with E-state index in [-0.39, 0.29) is 0 Å². The van der Waals surface area contributed by atoms with Crippen LogP contribution >= 0.6 is 0 Å². The Labute approximate surface area is 181 Å². The second-order valence-electron chi connectivity index (χ2n) is 7.58. The number of anilines is 1. The van der Waals surface area contributed by atoms with Gasteiger partial charge >= 0.3 is 0 Å². The van der Waals surface area contributed by atoms with Crippen LogP contribution in [0.2, 0.25) is 0 Å². The predicted molar refractivity (Wildman–Crippen MR) is 122 cm³/mol. The zero-order valence-corrected chi connectivity index (χ0v) is 18.0. The van der Waals surface area contributed by atoms with Gasteiger partial charge in [-0.1, -0.05) is 24.3 Å². The van der Waals surface area contributed by atoms with Gasteiger partial charge in [-0.2, -0.15) is 0 Å². The van der Waals surface area contributed by atoms with Gasteiger partial charge in [-0.3, -0.25) is 9.98 Å². The smallest absolute Gasteiger partial charge is 0.176 e. The number of aliphatic imine (C=N–C) groups is 1. The second kappa shape index (κ2) is 7.86. The lowest BCUT2D eigenvalue weighted by atomic mass is 9.99. The molecule has 0 saturated carbocycles. The molecule has 5 rings (SSSR count). The van der Waals surface area contributed by atoms with Crippen LogP contribution in [0.5, 0.6) is 0 Å². The molecule has 0 bridgehead atoms. The molecule has 0 amide bonds. The molecule has 2 aromatic heterocycles. The molecule has 0 aliphatic carbocycles. The summed E-state index contributed by atoms with van der Waals surface area (Å²) in [5.41, 5.74) is 3.70. The van der Waals surface area contributed by atoms with Crippen molar-refractivity contribution in [1.29, 1.82) is 0 Å². The van der Waals surface area contributed by atoms with Gasteiger partial charge in [-0.15, -0.1) is 0 Å². The van der Waals surface area contributed by atoms with E-state index in [1.165, 1.54) is 6.26 Å². The summed E-state index contributed by atoms with van der Waals surface area (Å²) in [4.78, 5) is 16.5. The maximum atomic E-state index is 12.5. The molecule has 7 nitrogen and oxygen atoms in total. The van der Waals surface area contributed by atoms with Gasteiger partial charge in [-0.05, 0) is 29.8 Å². The fraction of sp³-hybridized carbons (Fsp3) is 0.261. The highest BCUT2D eigenvalue weighted by Crippen LogP contribution is 2.36. The molecule has 31 heavy (non-hydrogen) atoms. The van der Waals surface area contributed by atoms with Crippen molar-refractivity contribution in [3.63, 3.8) is 0 Å². The minimum atomic E-state index is -3.42. The van der Waals surface area contributed by atoms with Crippen molar-refractivity contribution in [2.24, 2.45) is 4.99 Å². The summed E-state index contributed by atoms with van der Waals surface area (Å²) in [6, 6.07) is 11.0. The summed E-state index contributed by atoms with van der Waals surface area (Å²) in [6.45, 7) is 3.33. The Morgan fingerprint density at radius 2 is 1.87 bits per heavy atom. The van der Waals surface area contributed by atoms with Crippen LogP contribution in [0.4, 0.5) is 5.82 Å². The zero-order chi connectivity index (χ0) is 21.4. The number of allylic oxidation sites excluding steroid dienone is 1. The number of rotatable bonds is 4. The fourth-order valence-corrected chi connectivity index (χ4v) is 4.94. The van der Waals surface area contributed by atoms with Crippen LogP contribution in [0.1, 0.15) is 5.69 Å². The molecule has 0 unspecified atom stereocenters. The molecule has 4 heterocycles. The molecular formula is C23H22N4O3S. The first-order valence-corrected chi connectivity index (χ1v) is 12.0. The van der Waals surface area contributed by atoms with Crippen molar-refractivity contribution in [2.75, 3.05) is 44.0 Å². The molecule has 2 aliphatic heterocycles. The molecule has 1 aromatic carbocycles. The number of ether oxygens (including phenoxy) is 1. The van der Waals surface area contributed by atoms with Crippen molar-refractivity contribution in [2.45, 2.75) is 4.90 Å². The van der Waals surface area contributed by atoms with E-state index in [4.69, 9.17) is 9.72 Å². The Bertz CT molecular complexity index is 1330. The Morgan fingerprint density at radius 3 is 2.61 bits per heavy atom. The van der Waals surface area contributed by atoms with Gasteiger partial charge in [0.05, 0.1) is 30.4 Å². The summed E-state index contributed by atoms with van der Waals surface area (Å²) in [7, 11) is -3.42. The lowest BCUT2D eigenvalue weighted by molar-refractivity contribution is 0.122. The van der Waals surface area contributed by atoms with Crippen LogP contribution < -0.4 is 4.90 Å². The lowest BCUT2D eigenvalue weighted by Gasteiger charge is -2.28. The van der Waals surface area contributed by atoms with Crippen molar-refractivity contribution >= 4 is 32.3 Å². The largest absolute Gasteiger partial charge is 0.378 e. The third-order valence-corrected chi connectivity index (χ3v) is 6.67. The quantitative estimate of drug-likeness (QED) is 0.628. The minimum absolute atomic E-state index is 0.298. The number of benzene rings is 1. The first-order valence-electron chi connectivity index (χ1n) is 10.2. The van der Waals surface area contributed by atoms with Gasteiger partial charge in [0.1, 0.15) is 17.0 Å². The predicted octanol–water partition coefficient (Wildman–Crippen LogP) is 2.90. The molecule has 8 heteroatoms. The van der Waals surface area contributed by atoms with E-state index in [0.29, 0.717) is 35.9 Å². The number of sulfone groups is 1. The van der Waals surface area contributed by atoms with Crippen LogP contribution in [-0.2, 0) is 14.6 Å². The van der Waals surface area contributed by atoms with Gasteiger partial charge in [-0.25, -0.2) is 13.4 Å². The van der Waals surface area contributed by atoms with Crippen molar-refractivity contribution < 1.29 is 13.2 Å².